The molecular weight excluding hydrogens is 416 g/mol. The Bertz CT molecular complexity index is 944. The number of nitrogens with one attached hydrogen (secondary N) is 1. The number of phenols is 1. The van der Waals surface area contributed by atoms with Gasteiger partial charge in [-0.15, -0.1) is 0 Å². The van der Waals surface area contributed by atoms with Crippen LogP contribution >= 0.6 is 28.1 Å². The lowest BCUT2D eigenvalue weighted by molar-refractivity contribution is -0.122. The van der Waals surface area contributed by atoms with E-state index in [4.69, 9.17) is 12.2 Å². The highest BCUT2D eigenvalue weighted by atomic mass is 79.9. The van der Waals surface area contributed by atoms with Gasteiger partial charge in [0.2, 0.25) is 0 Å². The lowest BCUT2D eigenvalue weighted by Gasteiger charge is -2.29. The average Bonchev–Trinajstić information content (AvgIpc) is 2.58. The van der Waals surface area contributed by atoms with Gasteiger partial charge in [0, 0.05) is 4.47 Å². The summed E-state index contributed by atoms with van der Waals surface area (Å²) >= 11 is 8.52. The van der Waals surface area contributed by atoms with Gasteiger partial charge >= 0.3 is 0 Å². The number of aryl methyl sites for hydroxylation is 2. The maximum Gasteiger partial charge on any atom is 0.270 e. The molecule has 1 aliphatic heterocycles. The molecule has 26 heavy (non-hydrogen) atoms. The van der Waals surface area contributed by atoms with Crippen LogP contribution in [0.5, 0.6) is 5.75 Å². The van der Waals surface area contributed by atoms with E-state index in [-0.39, 0.29) is 16.4 Å². The van der Waals surface area contributed by atoms with Gasteiger partial charge in [-0.3, -0.25) is 19.8 Å². The molecule has 2 amide bonds. The number of thiocarbonyl (C=S) groups is 1. The molecule has 5 nitrogen and oxygen atoms in total. The van der Waals surface area contributed by atoms with Crippen LogP contribution in [-0.4, -0.2) is 22.0 Å². The second-order valence-corrected chi connectivity index (χ2v) is 7.24. The summed E-state index contributed by atoms with van der Waals surface area (Å²) in [4.78, 5) is 26.5. The molecule has 7 heteroatoms. The Morgan fingerprint density at radius 1 is 1.12 bits per heavy atom. The number of rotatable bonds is 2. The molecule has 1 aliphatic rings. The number of phenolic OH excluding ortho intramolecular Hbond substituents is 1. The zero-order chi connectivity index (χ0) is 19.0. The van der Waals surface area contributed by atoms with Gasteiger partial charge in [0.25, 0.3) is 11.8 Å². The topological polar surface area (TPSA) is 69.6 Å². The smallest absolute Gasteiger partial charge is 0.270 e. The summed E-state index contributed by atoms with van der Waals surface area (Å²) in [5.41, 5.74) is 2.53. The first-order valence-corrected chi connectivity index (χ1v) is 8.95. The standard InChI is InChI=1S/C19H15BrN2O3S/c1-10-7-12(8-11(2)16(10)23)9-15-17(24)21-19(26)22(18(15)25)14-5-3-13(20)4-6-14/h3-9,23H,1-2H3,(H,21,24,26). The normalized spacial score (nSPS) is 16.2. The van der Waals surface area contributed by atoms with Crippen LogP contribution in [0.2, 0.25) is 0 Å². The summed E-state index contributed by atoms with van der Waals surface area (Å²) in [6.07, 6.45) is 1.50. The van der Waals surface area contributed by atoms with Gasteiger partial charge in [0.05, 0.1) is 5.69 Å². The molecule has 2 aromatic carbocycles. The Morgan fingerprint density at radius 3 is 2.27 bits per heavy atom. The Morgan fingerprint density at radius 2 is 1.69 bits per heavy atom. The van der Waals surface area contributed by atoms with Crippen molar-refractivity contribution in [2.45, 2.75) is 13.8 Å². The SMILES string of the molecule is Cc1cc(C=C2C(=O)NC(=S)N(c3ccc(Br)cc3)C2=O)cc(C)c1O. The number of nitrogens with zero attached hydrogens (tertiary/aromatic N) is 1. The summed E-state index contributed by atoms with van der Waals surface area (Å²) in [7, 11) is 0. The zero-order valence-electron chi connectivity index (χ0n) is 14.0. The van der Waals surface area contributed by atoms with E-state index in [1.165, 1.54) is 11.0 Å². The van der Waals surface area contributed by atoms with E-state index in [0.29, 0.717) is 22.4 Å². The number of hydrogen-bond donors (Lipinski definition) is 2. The fourth-order valence-corrected chi connectivity index (χ4v) is 3.27. The van der Waals surface area contributed by atoms with Crippen molar-refractivity contribution >= 4 is 56.8 Å². The van der Waals surface area contributed by atoms with E-state index in [1.54, 1.807) is 50.2 Å². The highest BCUT2D eigenvalue weighted by molar-refractivity contribution is 9.10. The summed E-state index contributed by atoms with van der Waals surface area (Å²) in [5.74, 6) is -0.842. The predicted molar refractivity (Wildman–Crippen MR) is 108 cm³/mol. The maximum atomic E-state index is 12.9. The molecule has 0 spiro atoms. The number of halogens is 1. The Balaban J connectivity index is 2.04. The molecule has 2 aromatic rings. The van der Waals surface area contributed by atoms with Crippen LogP contribution in [-0.2, 0) is 9.59 Å². The molecule has 0 saturated carbocycles. The molecule has 0 aromatic heterocycles. The van der Waals surface area contributed by atoms with Crippen LogP contribution in [0.1, 0.15) is 16.7 Å². The highest BCUT2D eigenvalue weighted by Gasteiger charge is 2.34. The number of carbonyl (C=O) groups excluding carboxylic acids is 2. The lowest BCUT2D eigenvalue weighted by Crippen LogP contribution is -2.54. The van der Waals surface area contributed by atoms with Gasteiger partial charge < -0.3 is 5.11 Å². The molecule has 0 bridgehead atoms. The summed E-state index contributed by atoms with van der Waals surface area (Å²) in [6, 6.07) is 10.5. The van der Waals surface area contributed by atoms with Crippen molar-refractivity contribution in [3.8, 4) is 5.75 Å². The summed E-state index contributed by atoms with van der Waals surface area (Å²) in [5, 5.41) is 12.5. The van der Waals surface area contributed by atoms with Crippen molar-refractivity contribution in [2.75, 3.05) is 4.90 Å². The van der Waals surface area contributed by atoms with Crippen LogP contribution in [0.3, 0.4) is 0 Å². The van der Waals surface area contributed by atoms with Crippen molar-refractivity contribution in [3.63, 3.8) is 0 Å². The van der Waals surface area contributed by atoms with E-state index < -0.39 is 11.8 Å². The van der Waals surface area contributed by atoms with E-state index >= 15 is 0 Å². The van der Waals surface area contributed by atoms with Crippen molar-refractivity contribution < 1.29 is 14.7 Å². The number of aromatic hydroxyl groups is 1. The van der Waals surface area contributed by atoms with E-state index in [0.717, 1.165) is 4.47 Å². The zero-order valence-corrected chi connectivity index (χ0v) is 16.4. The van der Waals surface area contributed by atoms with Crippen molar-refractivity contribution in [1.29, 1.82) is 0 Å². The second kappa shape index (κ2) is 7.01. The molecule has 1 fully saturated rings. The average molecular weight is 431 g/mol. The van der Waals surface area contributed by atoms with E-state index in [1.807, 2.05) is 0 Å². The van der Waals surface area contributed by atoms with Gasteiger partial charge in [-0.2, -0.15) is 0 Å². The monoisotopic (exact) mass is 430 g/mol. The molecule has 0 atom stereocenters. The van der Waals surface area contributed by atoms with Crippen LogP contribution in [0, 0.1) is 13.8 Å². The van der Waals surface area contributed by atoms with Crippen molar-refractivity contribution in [3.05, 3.63) is 63.1 Å². The fourth-order valence-electron chi connectivity index (χ4n) is 2.72. The molecule has 0 unspecified atom stereocenters. The van der Waals surface area contributed by atoms with Crippen LogP contribution in [0.25, 0.3) is 6.08 Å². The fraction of sp³-hybridized carbons (Fsp3) is 0.105. The van der Waals surface area contributed by atoms with E-state index in [9.17, 15) is 14.7 Å². The van der Waals surface area contributed by atoms with Crippen LogP contribution in [0.4, 0.5) is 5.69 Å². The van der Waals surface area contributed by atoms with Gasteiger partial charge in [-0.25, -0.2) is 0 Å². The summed E-state index contributed by atoms with van der Waals surface area (Å²) < 4.78 is 0.867. The molecule has 2 N–H and O–H groups in total. The van der Waals surface area contributed by atoms with E-state index in [2.05, 4.69) is 21.2 Å². The predicted octanol–water partition coefficient (Wildman–Crippen LogP) is 3.60. The molecular formula is C19H15BrN2O3S. The largest absolute Gasteiger partial charge is 0.507 e. The first-order chi connectivity index (χ1) is 12.3. The van der Waals surface area contributed by atoms with Gasteiger partial charge in [0.1, 0.15) is 11.3 Å². The first-order valence-electron chi connectivity index (χ1n) is 7.75. The molecule has 1 saturated heterocycles. The van der Waals surface area contributed by atoms with Gasteiger partial charge in [0.15, 0.2) is 5.11 Å². The Kier molecular flexibility index (Phi) is 4.93. The third-order valence-electron chi connectivity index (χ3n) is 4.01. The number of benzene rings is 2. The van der Waals surface area contributed by atoms with Crippen LogP contribution in [0.15, 0.2) is 46.4 Å². The van der Waals surface area contributed by atoms with Gasteiger partial charge in [-0.05, 0) is 85.2 Å². The Labute approximate surface area is 164 Å². The second-order valence-electron chi connectivity index (χ2n) is 5.94. The number of amides is 2. The lowest BCUT2D eigenvalue weighted by atomic mass is 10.0. The number of anilines is 1. The minimum Gasteiger partial charge on any atom is -0.507 e. The third-order valence-corrected chi connectivity index (χ3v) is 4.82. The van der Waals surface area contributed by atoms with Crippen LogP contribution < -0.4 is 10.2 Å². The number of carbonyl (C=O) groups is 2. The molecule has 1 heterocycles. The minimum absolute atomic E-state index is 0.0222. The first kappa shape index (κ1) is 18.3. The maximum absolute atomic E-state index is 12.9. The highest BCUT2D eigenvalue weighted by Crippen LogP contribution is 2.27. The molecule has 3 rings (SSSR count). The minimum atomic E-state index is -0.545. The van der Waals surface area contributed by atoms with Gasteiger partial charge in [-0.1, -0.05) is 15.9 Å². The third kappa shape index (κ3) is 3.40. The molecule has 132 valence electrons. The summed E-state index contributed by atoms with van der Waals surface area (Å²) in [6.45, 7) is 3.52. The quantitative estimate of drug-likeness (QED) is 0.433. The Hall–Kier alpha value is -2.51. The number of hydrogen-bond acceptors (Lipinski definition) is 4. The molecule has 0 radical (unpaired) electrons. The molecule has 0 aliphatic carbocycles. The van der Waals surface area contributed by atoms with Crippen molar-refractivity contribution in [2.24, 2.45) is 0 Å². The van der Waals surface area contributed by atoms with Crippen molar-refractivity contribution in [1.82, 2.24) is 5.32 Å².